The average Bonchev–Trinajstić information content (AvgIpc) is 2.65. The number of rotatable bonds is 5. The maximum Gasteiger partial charge on any atom is 0.277 e. The number of halogens is 1. The van der Waals surface area contributed by atoms with Gasteiger partial charge in [0.05, 0.1) is 12.8 Å². The molecule has 2 aromatic rings. The molecule has 0 bridgehead atoms. The first-order chi connectivity index (χ1) is 12.2. The lowest BCUT2D eigenvalue weighted by Crippen LogP contribution is -2.27. The number of para-hydroxylation sites is 1. The lowest BCUT2D eigenvalue weighted by Gasteiger charge is -2.18. The van der Waals surface area contributed by atoms with Gasteiger partial charge in [-0.15, -0.1) is 0 Å². The van der Waals surface area contributed by atoms with Gasteiger partial charge in [0, 0.05) is 5.56 Å². The summed E-state index contributed by atoms with van der Waals surface area (Å²) in [6, 6.07) is 11.8. The molecular formula is C19H19FN2O3. The number of fused-ring (bicyclic) bond motifs is 1. The van der Waals surface area contributed by atoms with Crippen LogP contribution >= 0.6 is 0 Å². The highest BCUT2D eigenvalue weighted by atomic mass is 19.1. The summed E-state index contributed by atoms with van der Waals surface area (Å²) in [5.41, 5.74) is 5.47. The smallest absolute Gasteiger partial charge is 0.277 e. The van der Waals surface area contributed by atoms with E-state index in [1.165, 1.54) is 12.1 Å². The van der Waals surface area contributed by atoms with Gasteiger partial charge in [0.1, 0.15) is 5.75 Å². The molecule has 0 fully saturated rings. The molecule has 0 atom stereocenters. The number of methoxy groups -OCH3 is 1. The Morgan fingerprint density at radius 2 is 2.08 bits per heavy atom. The molecule has 0 unspecified atom stereocenters. The predicted molar refractivity (Wildman–Crippen MR) is 92.5 cm³/mol. The molecule has 0 aliphatic heterocycles. The first-order valence-corrected chi connectivity index (χ1v) is 8.07. The fourth-order valence-corrected chi connectivity index (χ4v) is 2.75. The Kier molecular flexibility index (Phi) is 5.28. The van der Waals surface area contributed by atoms with E-state index in [0.717, 1.165) is 41.9 Å². The molecule has 25 heavy (non-hydrogen) atoms. The highest BCUT2D eigenvalue weighted by Gasteiger charge is 2.16. The number of hydrogen-bond donors (Lipinski definition) is 1. The standard InChI is InChI=1S/C19H19FN2O3/c1-24-14-9-10-15-13(11-14)5-4-7-17(15)21-22-19(23)12-25-18-8-3-2-6-16(18)20/h2-3,6,8-11H,4-5,7,12H2,1H3,(H,22,23). The van der Waals surface area contributed by atoms with Crippen LogP contribution in [0, 0.1) is 5.82 Å². The van der Waals surface area contributed by atoms with Crippen molar-refractivity contribution < 1.29 is 18.7 Å². The molecule has 0 radical (unpaired) electrons. The second kappa shape index (κ2) is 7.79. The predicted octanol–water partition coefficient (Wildman–Crippen LogP) is 3.07. The highest BCUT2D eigenvalue weighted by Crippen LogP contribution is 2.25. The molecule has 1 aliphatic carbocycles. The zero-order valence-electron chi connectivity index (χ0n) is 13.9. The Morgan fingerprint density at radius 1 is 1.24 bits per heavy atom. The van der Waals surface area contributed by atoms with Gasteiger partial charge in [-0.25, -0.2) is 9.82 Å². The molecule has 130 valence electrons. The summed E-state index contributed by atoms with van der Waals surface area (Å²) >= 11 is 0. The number of aryl methyl sites for hydroxylation is 1. The number of hydrogen-bond acceptors (Lipinski definition) is 4. The zero-order chi connectivity index (χ0) is 17.6. The summed E-state index contributed by atoms with van der Waals surface area (Å²) in [6.07, 6.45) is 2.70. The fraction of sp³-hybridized carbons (Fsp3) is 0.263. The number of carbonyl (C=O) groups excluding carboxylic acids is 1. The van der Waals surface area contributed by atoms with Crippen LogP contribution < -0.4 is 14.9 Å². The van der Waals surface area contributed by atoms with Crippen molar-refractivity contribution >= 4 is 11.6 Å². The van der Waals surface area contributed by atoms with Gasteiger partial charge in [-0.05, 0) is 55.2 Å². The van der Waals surface area contributed by atoms with Crippen molar-refractivity contribution in [1.82, 2.24) is 5.43 Å². The third-order valence-electron chi connectivity index (χ3n) is 3.99. The van der Waals surface area contributed by atoms with E-state index in [4.69, 9.17) is 9.47 Å². The maximum atomic E-state index is 13.4. The van der Waals surface area contributed by atoms with E-state index in [0.29, 0.717) is 0 Å². The van der Waals surface area contributed by atoms with Gasteiger partial charge in [0.2, 0.25) is 0 Å². The minimum Gasteiger partial charge on any atom is -0.497 e. The molecule has 0 saturated heterocycles. The molecule has 6 heteroatoms. The van der Waals surface area contributed by atoms with E-state index in [2.05, 4.69) is 10.5 Å². The van der Waals surface area contributed by atoms with E-state index >= 15 is 0 Å². The number of amides is 1. The van der Waals surface area contributed by atoms with Gasteiger partial charge >= 0.3 is 0 Å². The number of nitrogens with zero attached hydrogens (tertiary/aromatic N) is 1. The van der Waals surface area contributed by atoms with Crippen LogP contribution in [0.4, 0.5) is 4.39 Å². The first kappa shape index (κ1) is 17.0. The van der Waals surface area contributed by atoms with E-state index in [-0.39, 0.29) is 12.4 Å². The third-order valence-corrected chi connectivity index (χ3v) is 3.99. The topological polar surface area (TPSA) is 59.9 Å². The van der Waals surface area contributed by atoms with Crippen molar-refractivity contribution in [3.05, 3.63) is 59.4 Å². The molecule has 1 N–H and O–H groups in total. The Balaban J connectivity index is 1.63. The summed E-state index contributed by atoms with van der Waals surface area (Å²) in [6.45, 7) is -0.298. The summed E-state index contributed by atoms with van der Waals surface area (Å²) < 4.78 is 23.9. The van der Waals surface area contributed by atoms with Crippen molar-refractivity contribution in [2.75, 3.05) is 13.7 Å². The quantitative estimate of drug-likeness (QED) is 0.850. The second-order valence-electron chi connectivity index (χ2n) is 5.69. The van der Waals surface area contributed by atoms with Crippen LogP contribution in [-0.4, -0.2) is 25.3 Å². The van der Waals surface area contributed by atoms with Crippen LogP contribution in [0.2, 0.25) is 0 Å². The van der Waals surface area contributed by atoms with E-state index < -0.39 is 11.7 Å². The number of hydrazone groups is 1. The van der Waals surface area contributed by atoms with Crippen molar-refractivity contribution in [1.29, 1.82) is 0 Å². The summed E-state index contributed by atoms with van der Waals surface area (Å²) in [4.78, 5) is 11.9. The molecule has 0 saturated carbocycles. The highest BCUT2D eigenvalue weighted by molar-refractivity contribution is 6.03. The third kappa shape index (κ3) is 4.15. The largest absolute Gasteiger partial charge is 0.497 e. The Morgan fingerprint density at radius 3 is 2.88 bits per heavy atom. The SMILES string of the molecule is COc1ccc2c(c1)CCCC2=NNC(=O)COc1ccccc1F. The molecule has 1 amide bonds. The van der Waals surface area contributed by atoms with Gasteiger partial charge in [0.25, 0.3) is 5.91 Å². The molecule has 2 aromatic carbocycles. The van der Waals surface area contributed by atoms with Crippen molar-refractivity contribution in [3.8, 4) is 11.5 Å². The average molecular weight is 342 g/mol. The number of nitrogens with one attached hydrogen (secondary N) is 1. The molecule has 0 spiro atoms. The minimum atomic E-state index is -0.503. The first-order valence-electron chi connectivity index (χ1n) is 8.07. The van der Waals surface area contributed by atoms with Crippen LogP contribution in [0.15, 0.2) is 47.6 Å². The van der Waals surface area contributed by atoms with Gasteiger partial charge < -0.3 is 9.47 Å². The van der Waals surface area contributed by atoms with E-state index in [1.807, 2.05) is 18.2 Å². The Hall–Kier alpha value is -2.89. The van der Waals surface area contributed by atoms with Crippen LogP contribution in [0.1, 0.15) is 24.0 Å². The van der Waals surface area contributed by atoms with Gasteiger partial charge in [-0.1, -0.05) is 12.1 Å². The summed E-state index contributed by atoms with van der Waals surface area (Å²) in [5.74, 6) is -0.0871. The monoisotopic (exact) mass is 342 g/mol. The minimum absolute atomic E-state index is 0.0420. The normalized spacial score (nSPS) is 14.7. The molecule has 0 aromatic heterocycles. The molecule has 0 heterocycles. The number of ether oxygens (including phenoxy) is 2. The van der Waals surface area contributed by atoms with Crippen LogP contribution in [-0.2, 0) is 11.2 Å². The molecule has 5 nitrogen and oxygen atoms in total. The van der Waals surface area contributed by atoms with E-state index in [9.17, 15) is 9.18 Å². The summed E-state index contributed by atoms with van der Waals surface area (Å²) in [7, 11) is 1.63. The van der Waals surface area contributed by atoms with Crippen LogP contribution in [0.25, 0.3) is 0 Å². The zero-order valence-corrected chi connectivity index (χ0v) is 13.9. The van der Waals surface area contributed by atoms with Gasteiger partial charge in [0.15, 0.2) is 18.2 Å². The number of carbonyl (C=O) groups is 1. The second-order valence-corrected chi connectivity index (χ2v) is 5.69. The lowest BCUT2D eigenvalue weighted by atomic mass is 9.90. The Bertz CT molecular complexity index is 805. The lowest BCUT2D eigenvalue weighted by molar-refractivity contribution is -0.123. The maximum absolute atomic E-state index is 13.4. The van der Waals surface area contributed by atoms with Crippen LogP contribution in [0.5, 0.6) is 11.5 Å². The molecule has 1 aliphatic rings. The van der Waals surface area contributed by atoms with Gasteiger partial charge in [-0.2, -0.15) is 5.10 Å². The molecule has 3 rings (SSSR count). The van der Waals surface area contributed by atoms with E-state index in [1.54, 1.807) is 19.2 Å². The fourth-order valence-electron chi connectivity index (χ4n) is 2.75. The summed E-state index contributed by atoms with van der Waals surface area (Å²) in [5, 5.41) is 4.22. The Labute approximate surface area is 145 Å². The van der Waals surface area contributed by atoms with Crippen molar-refractivity contribution in [2.45, 2.75) is 19.3 Å². The van der Waals surface area contributed by atoms with Crippen LogP contribution in [0.3, 0.4) is 0 Å². The van der Waals surface area contributed by atoms with Crippen molar-refractivity contribution in [2.24, 2.45) is 5.10 Å². The van der Waals surface area contributed by atoms with Gasteiger partial charge in [-0.3, -0.25) is 4.79 Å². The van der Waals surface area contributed by atoms with Crippen molar-refractivity contribution in [3.63, 3.8) is 0 Å². The number of benzene rings is 2. The molecular weight excluding hydrogens is 323 g/mol.